The van der Waals surface area contributed by atoms with Crippen molar-refractivity contribution in [2.24, 2.45) is 0 Å². The zero-order valence-corrected chi connectivity index (χ0v) is 15.8. The predicted molar refractivity (Wildman–Crippen MR) is 108 cm³/mol. The molecule has 0 unspecified atom stereocenters. The number of carbonyl (C=O) groups is 1. The minimum Gasteiger partial charge on any atom is -0.494 e. The van der Waals surface area contributed by atoms with E-state index in [2.05, 4.69) is 15.6 Å². The molecule has 3 rings (SSSR count). The minimum atomic E-state index is -0.157. The molecule has 1 heterocycles. The summed E-state index contributed by atoms with van der Waals surface area (Å²) < 4.78 is 5.41. The van der Waals surface area contributed by atoms with Crippen molar-refractivity contribution in [2.45, 2.75) is 13.8 Å². The van der Waals surface area contributed by atoms with Gasteiger partial charge in [-0.3, -0.25) is 9.78 Å². The number of hydrogen-bond donors (Lipinski definition) is 2. The van der Waals surface area contributed by atoms with Gasteiger partial charge in [0.15, 0.2) is 0 Å². The molecule has 26 heavy (non-hydrogen) atoms. The molecule has 0 aliphatic carbocycles. The second-order valence-electron chi connectivity index (χ2n) is 5.70. The molecule has 0 radical (unpaired) electrons. The molecule has 0 atom stereocenters. The first-order valence-corrected chi connectivity index (χ1v) is 8.22. The van der Waals surface area contributed by atoms with Crippen LogP contribution in [0.3, 0.4) is 0 Å². The molecule has 136 valence electrons. The van der Waals surface area contributed by atoms with E-state index in [-0.39, 0.29) is 18.3 Å². The summed E-state index contributed by atoms with van der Waals surface area (Å²) in [6, 6.07) is 13.7. The lowest BCUT2D eigenvalue weighted by Crippen LogP contribution is -2.24. The molecule has 0 saturated heterocycles. The molecular formula is C20H22ClN3O2. The van der Waals surface area contributed by atoms with Crippen LogP contribution in [0.1, 0.15) is 22.8 Å². The van der Waals surface area contributed by atoms with Crippen LogP contribution in [0, 0.1) is 6.92 Å². The van der Waals surface area contributed by atoms with Gasteiger partial charge in [0, 0.05) is 23.8 Å². The number of hydrogen-bond acceptors (Lipinski definition) is 4. The predicted octanol–water partition coefficient (Wildman–Crippen LogP) is 4.47. The molecule has 1 amide bonds. The monoisotopic (exact) mass is 371 g/mol. The van der Waals surface area contributed by atoms with Gasteiger partial charge in [0.1, 0.15) is 11.3 Å². The third-order valence-corrected chi connectivity index (χ3v) is 4.07. The van der Waals surface area contributed by atoms with Gasteiger partial charge in [-0.15, -0.1) is 12.4 Å². The number of fused-ring (bicyclic) bond motifs is 1. The average molecular weight is 372 g/mol. The zero-order valence-electron chi connectivity index (χ0n) is 15.0. The number of nitrogens with zero attached hydrogens (tertiary/aromatic N) is 1. The average Bonchev–Trinajstić information content (AvgIpc) is 2.63. The first kappa shape index (κ1) is 19.5. The van der Waals surface area contributed by atoms with E-state index < -0.39 is 0 Å². The molecule has 0 aliphatic heterocycles. The molecule has 1 aromatic heterocycles. The summed E-state index contributed by atoms with van der Waals surface area (Å²) in [7, 11) is 1.61. The van der Waals surface area contributed by atoms with Crippen LogP contribution in [0.15, 0.2) is 48.7 Å². The van der Waals surface area contributed by atoms with E-state index >= 15 is 0 Å². The van der Waals surface area contributed by atoms with E-state index in [0.29, 0.717) is 23.4 Å². The van der Waals surface area contributed by atoms with Crippen molar-refractivity contribution in [3.05, 3.63) is 59.8 Å². The zero-order chi connectivity index (χ0) is 17.8. The van der Waals surface area contributed by atoms with Gasteiger partial charge in [0.2, 0.25) is 0 Å². The fourth-order valence-corrected chi connectivity index (χ4v) is 2.77. The van der Waals surface area contributed by atoms with Crippen LogP contribution in [0.25, 0.3) is 10.9 Å². The number of methoxy groups -OCH3 is 1. The number of aromatic nitrogens is 1. The van der Waals surface area contributed by atoms with Crippen molar-refractivity contribution >= 4 is 40.6 Å². The number of rotatable bonds is 5. The summed E-state index contributed by atoms with van der Waals surface area (Å²) in [5, 5.41) is 7.10. The van der Waals surface area contributed by atoms with Crippen LogP contribution in [0.5, 0.6) is 5.75 Å². The van der Waals surface area contributed by atoms with Crippen molar-refractivity contribution in [3.63, 3.8) is 0 Å². The molecule has 0 saturated carbocycles. The van der Waals surface area contributed by atoms with E-state index in [1.54, 1.807) is 13.3 Å². The first-order chi connectivity index (χ1) is 12.2. The Morgan fingerprint density at radius 3 is 2.62 bits per heavy atom. The summed E-state index contributed by atoms with van der Waals surface area (Å²) in [5.74, 6) is 0.517. The highest BCUT2D eigenvalue weighted by atomic mass is 35.5. The fourth-order valence-electron chi connectivity index (χ4n) is 2.77. The van der Waals surface area contributed by atoms with Crippen molar-refractivity contribution in [1.82, 2.24) is 10.3 Å². The van der Waals surface area contributed by atoms with Gasteiger partial charge in [-0.1, -0.05) is 30.3 Å². The Hall–Kier alpha value is -2.79. The first-order valence-electron chi connectivity index (χ1n) is 8.22. The van der Waals surface area contributed by atoms with Crippen molar-refractivity contribution in [1.29, 1.82) is 0 Å². The molecular weight excluding hydrogens is 350 g/mol. The SMILES string of the molecule is CCNC(=O)c1cnc2c(OC)cccc2c1Nc1ccccc1C.Cl. The summed E-state index contributed by atoms with van der Waals surface area (Å²) in [5.41, 5.74) is 3.99. The van der Waals surface area contributed by atoms with Crippen LogP contribution < -0.4 is 15.4 Å². The summed E-state index contributed by atoms with van der Waals surface area (Å²) in [6.45, 7) is 4.47. The van der Waals surface area contributed by atoms with Crippen LogP contribution in [-0.2, 0) is 0 Å². The summed E-state index contributed by atoms with van der Waals surface area (Å²) in [4.78, 5) is 17.0. The maximum atomic E-state index is 12.5. The van der Waals surface area contributed by atoms with Crippen molar-refractivity contribution in [3.8, 4) is 5.75 Å². The summed E-state index contributed by atoms with van der Waals surface area (Å²) >= 11 is 0. The standard InChI is InChI=1S/C20H21N3O2.ClH/c1-4-21-20(24)15-12-22-19-14(9-7-11-17(19)25-3)18(15)23-16-10-6-5-8-13(16)2;/h5-12H,4H2,1-3H3,(H,21,24)(H,22,23);1H. The van der Waals surface area contributed by atoms with E-state index in [1.165, 1.54) is 0 Å². The number of benzene rings is 2. The number of para-hydroxylation sites is 2. The number of amides is 1. The van der Waals surface area contributed by atoms with Crippen LogP contribution in [0.2, 0.25) is 0 Å². The van der Waals surface area contributed by atoms with Crippen LogP contribution >= 0.6 is 12.4 Å². The lowest BCUT2D eigenvalue weighted by Gasteiger charge is -2.16. The number of aryl methyl sites for hydroxylation is 1. The number of halogens is 1. The molecule has 0 spiro atoms. The van der Waals surface area contributed by atoms with Gasteiger partial charge < -0.3 is 15.4 Å². The van der Waals surface area contributed by atoms with Gasteiger partial charge in [-0.25, -0.2) is 0 Å². The highest BCUT2D eigenvalue weighted by Crippen LogP contribution is 2.34. The molecule has 3 aromatic rings. The Balaban J connectivity index is 0.00000243. The molecule has 6 heteroatoms. The van der Waals surface area contributed by atoms with Gasteiger partial charge >= 0.3 is 0 Å². The lowest BCUT2D eigenvalue weighted by atomic mass is 10.1. The van der Waals surface area contributed by atoms with Crippen LogP contribution in [0.4, 0.5) is 11.4 Å². The Morgan fingerprint density at radius 1 is 1.15 bits per heavy atom. The van der Waals surface area contributed by atoms with E-state index in [9.17, 15) is 4.79 Å². The Morgan fingerprint density at radius 2 is 1.92 bits per heavy atom. The second-order valence-corrected chi connectivity index (χ2v) is 5.70. The van der Waals surface area contributed by atoms with E-state index in [0.717, 1.165) is 22.3 Å². The van der Waals surface area contributed by atoms with E-state index in [1.807, 2.05) is 56.3 Å². The van der Waals surface area contributed by atoms with Gasteiger partial charge in [-0.05, 0) is 31.5 Å². The van der Waals surface area contributed by atoms with Crippen molar-refractivity contribution < 1.29 is 9.53 Å². The smallest absolute Gasteiger partial charge is 0.254 e. The number of nitrogens with one attached hydrogen (secondary N) is 2. The fraction of sp³-hybridized carbons (Fsp3) is 0.200. The maximum absolute atomic E-state index is 12.5. The molecule has 0 fully saturated rings. The number of ether oxygens (including phenoxy) is 1. The molecule has 5 nitrogen and oxygen atoms in total. The Labute approximate surface area is 159 Å². The topological polar surface area (TPSA) is 63.2 Å². The molecule has 2 aromatic carbocycles. The number of carbonyl (C=O) groups excluding carboxylic acids is 1. The molecule has 2 N–H and O–H groups in total. The molecule has 0 bridgehead atoms. The van der Waals surface area contributed by atoms with Crippen molar-refractivity contribution in [2.75, 3.05) is 19.0 Å². The third kappa shape index (κ3) is 3.73. The highest BCUT2D eigenvalue weighted by molar-refractivity contribution is 6.09. The van der Waals surface area contributed by atoms with Gasteiger partial charge in [-0.2, -0.15) is 0 Å². The van der Waals surface area contributed by atoms with E-state index in [4.69, 9.17) is 4.74 Å². The van der Waals surface area contributed by atoms with Crippen LogP contribution in [-0.4, -0.2) is 24.5 Å². The Bertz CT molecular complexity index is 928. The normalized spacial score (nSPS) is 10.1. The van der Waals surface area contributed by atoms with Gasteiger partial charge in [0.25, 0.3) is 5.91 Å². The maximum Gasteiger partial charge on any atom is 0.254 e. The quantitative estimate of drug-likeness (QED) is 0.694. The lowest BCUT2D eigenvalue weighted by molar-refractivity contribution is 0.0956. The largest absolute Gasteiger partial charge is 0.494 e. The molecule has 0 aliphatic rings. The number of pyridine rings is 1. The second kappa shape index (κ2) is 8.54. The van der Waals surface area contributed by atoms with Gasteiger partial charge in [0.05, 0.1) is 18.4 Å². The number of anilines is 2. The minimum absolute atomic E-state index is 0. The highest BCUT2D eigenvalue weighted by Gasteiger charge is 2.17. The summed E-state index contributed by atoms with van der Waals surface area (Å²) in [6.07, 6.45) is 1.59. The third-order valence-electron chi connectivity index (χ3n) is 4.07. The Kier molecular flexibility index (Phi) is 6.41.